The van der Waals surface area contributed by atoms with Gasteiger partial charge in [0, 0.05) is 31.2 Å². The number of nitrogens with one attached hydrogen (secondary N) is 1. The molecule has 0 unspecified atom stereocenters. The molecule has 10 heteroatoms. The van der Waals surface area contributed by atoms with Crippen molar-refractivity contribution in [3.63, 3.8) is 0 Å². The van der Waals surface area contributed by atoms with Gasteiger partial charge in [-0.05, 0) is 45.4 Å². The summed E-state index contributed by atoms with van der Waals surface area (Å²) in [6.07, 6.45) is -0.00787. The minimum Gasteiger partial charge on any atom is -0.482 e. The highest BCUT2D eigenvalue weighted by Crippen LogP contribution is 2.27. The average molecular weight is 460 g/mol. The molecule has 1 fully saturated rings. The zero-order valence-corrected chi connectivity index (χ0v) is 18.9. The van der Waals surface area contributed by atoms with E-state index < -0.39 is 11.7 Å². The third kappa shape index (κ3) is 7.91. The van der Waals surface area contributed by atoms with Crippen LogP contribution in [0.2, 0.25) is 10.0 Å². The first-order valence-electron chi connectivity index (χ1n) is 9.65. The maximum Gasteiger partial charge on any atom is 0.408 e. The van der Waals surface area contributed by atoms with Crippen molar-refractivity contribution in [3.05, 3.63) is 28.2 Å². The van der Waals surface area contributed by atoms with Crippen molar-refractivity contribution < 1.29 is 23.9 Å². The predicted octanol–water partition coefficient (Wildman–Crippen LogP) is 2.96. The van der Waals surface area contributed by atoms with Crippen molar-refractivity contribution in [3.8, 4) is 5.75 Å². The average Bonchev–Trinajstić information content (AvgIpc) is 2.90. The van der Waals surface area contributed by atoms with Crippen LogP contribution in [0.4, 0.5) is 4.79 Å². The van der Waals surface area contributed by atoms with Crippen molar-refractivity contribution in [2.24, 2.45) is 0 Å². The normalized spacial score (nSPS) is 14.7. The number of rotatable bonds is 5. The molecule has 1 aliphatic rings. The van der Waals surface area contributed by atoms with E-state index in [2.05, 4.69) is 5.32 Å². The lowest BCUT2D eigenvalue weighted by Gasteiger charge is -2.23. The minimum atomic E-state index is -0.638. The number of benzene rings is 1. The maximum atomic E-state index is 12.5. The molecule has 3 amide bonds. The Morgan fingerprint density at radius 1 is 1.03 bits per heavy atom. The summed E-state index contributed by atoms with van der Waals surface area (Å²) in [4.78, 5) is 39.8. The van der Waals surface area contributed by atoms with E-state index in [1.807, 2.05) is 0 Å². The Balaban J connectivity index is 1.78. The highest BCUT2D eigenvalue weighted by atomic mass is 35.5. The van der Waals surface area contributed by atoms with E-state index in [9.17, 15) is 14.4 Å². The Morgan fingerprint density at radius 3 is 2.27 bits per heavy atom. The molecule has 1 saturated heterocycles. The van der Waals surface area contributed by atoms with Crippen LogP contribution in [0.5, 0.6) is 5.75 Å². The van der Waals surface area contributed by atoms with Crippen LogP contribution in [0.25, 0.3) is 0 Å². The lowest BCUT2D eigenvalue weighted by atomic mass is 10.2. The van der Waals surface area contributed by atoms with Gasteiger partial charge in [0.2, 0.25) is 5.91 Å². The number of amides is 3. The van der Waals surface area contributed by atoms with Gasteiger partial charge in [-0.1, -0.05) is 23.2 Å². The Morgan fingerprint density at radius 2 is 1.67 bits per heavy atom. The number of carbonyl (C=O) groups is 3. The van der Waals surface area contributed by atoms with Crippen LogP contribution in [0, 0.1) is 0 Å². The zero-order chi connectivity index (χ0) is 22.3. The summed E-state index contributed by atoms with van der Waals surface area (Å²) in [6.45, 7) is 6.72. The van der Waals surface area contributed by atoms with Crippen LogP contribution in [0.15, 0.2) is 18.2 Å². The molecule has 0 bridgehead atoms. The molecule has 166 valence electrons. The molecule has 1 aromatic carbocycles. The second-order valence-corrected chi connectivity index (χ2v) is 8.68. The standard InChI is InChI=1S/C20H27Cl2N3O5/c1-20(2,3)30-19(28)23-12-17(26)24-7-4-8-25(10-9-24)18(27)13-29-16-6-5-14(21)11-15(16)22/h5-6,11H,4,7-10,12-13H2,1-3H3,(H,23,28). The second-order valence-electron chi connectivity index (χ2n) is 7.83. The first-order valence-corrected chi connectivity index (χ1v) is 10.4. The molecule has 1 heterocycles. The monoisotopic (exact) mass is 459 g/mol. The lowest BCUT2D eigenvalue weighted by Crippen LogP contribution is -2.44. The fourth-order valence-corrected chi connectivity index (χ4v) is 3.28. The number of halogens is 2. The summed E-state index contributed by atoms with van der Waals surface area (Å²) in [6, 6.07) is 4.79. The van der Waals surface area contributed by atoms with Gasteiger partial charge in [0.05, 0.1) is 5.02 Å². The van der Waals surface area contributed by atoms with Crippen molar-refractivity contribution in [2.45, 2.75) is 32.8 Å². The van der Waals surface area contributed by atoms with E-state index in [4.69, 9.17) is 32.7 Å². The van der Waals surface area contributed by atoms with Crippen LogP contribution < -0.4 is 10.1 Å². The highest BCUT2D eigenvalue weighted by molar-refractivity contribution is 6.35. The van der Waals surface area contributed by atoms with Crippen LogP contribution in [0.3, 0.4) is 0 Å². The number of carbonyl (C=O) groups excluding carboxylic acids is 3. The van der Waals surface area contributed by atoms with Crippen LogP contribution in [-0.4, -0.2) is 72.6 Å². The Bertz CT molecular complexity index is 782. The van der Waals surface area contributed by atoms with E-state index in [-0.39, 0.29) is 25.0 Å². The zero-order valence-electron chi connectivity index (χ0n) is 17.4. The number of alkyl carbamates (subject to hydrolysis) is 1. The molecule has 0 aromatic heterocycles. The number of ether oxygens (including phenoxy) is 2. The summed E-state index contributed by atoms with van der Waals surface area (Å²) in [5, 5.41) is 3.28. The summed E-state index contributed by atoms with van der Waals surface area (Å²) in [5.41, 5.74) is -0.630. The van der Waals surface area contributed by atoms with Gasteiger partial charge in [-0.2, -0.15) is 0 Å². The SMILES string of the molecule is CC(C)(C)OC(=O)NCC(=O)N1CCCN(C(=O)COc2ccc(Cl)cc2Cl)CC1. The molecule has 8 nitrogen and oxygen atoms in total. The summed E-state index contributed by atoms with van der Waals surface area (Å²) >= 11 is 11.9. The van der Waals surface area contributed by atoms with Crippen molar-refractivity contribution in [1.29, 1.82) is 0 Å². The molecule has 0 saturated carbocycles. The number of nitrogens with zero attached hydrogens (tertiary/aromatic N) is 2. The first-order chi connectivity index (χ1) is 14.0. The third-order valence-corrected chi connectivity index (χ3v) is 4.76. The van der Waals surface area contributed by atoms with Crippen LogP contribution in [-0.2, 0) is 14.3 Å². The third-order valence-electron chi connectivity index (χ3n) is 4.23. The van der Waals surface area contributed by atoms with Gasteiger partial charge in [-0.3, -0.25) is 9.59 Å². The Labute approximate surface area is 186 Å². The molecule has 0 radical (unpaired) electrons. The molecule has 1 aromatic rings. The summed E-state index contributed by atoms with van der Waals surface area (Å²) < 4.78 is 10.6. The number of hydrogen-bond acceptors (Lipinski definition) is 5. The molecule has 0 spiro atoms. The smallest absolute Gasteiger partial charge is 0.408 e. The fraction of sp³-hybridized carbons (Fsp3) is 0.550. The molecule has 30 heavy (non-hydrogen) atoms. The van der Waals surface area contributed by atoms with Gasteiger partial charge in [0.15, 0.2) is 6.61 Å². The topological polar surface area (TPSA) is 88.2 Å². The lowest BCUT2D eigenvalue weighted by molar-refractivity contribution is -0.134. The molecular weight excluding hydrogens is 433 g/mol. The quantitative estimate of drug-likeness (QED) is 0.730. The maximum absolute atomic E-state index is 12.5. The second kappa shape index (κ2) is 10.7. The van der Waals surface area contributed by atoms with E-state index in [1.54, 1.807) is 48.8 Å². The van der Waals surface area contributed by atoms with Gasteiger partial charge in [-0.25, -0.2) is 4.79 Å². The van der Waals surface area contributed by atoms with Crippen molar-refractivity contribution in [1.82, 2.24) is 15.1 Å². The molecule has 1 aliphatic heterocycles. The van der Waals surface area contributed by atoms with Crippen LogP contribution in [0.1, 0.15) is 27.2 Å². The van der Waals surface area contributed by atoms with Crippen LogP contribution >= 0.6 is 23.2 Å². The van der Waals surface area contributed by atoms with E-state index in [1.165, 1.54) is 0 Å². The van der Waals surface area contributed by atoms with E-state index in [0.717, 1.165) is 0 Å². The minimum absolute atomic E-state index is 0.152. The van der Waals surface area contributed by atoms with Crippen molar-refractivity contribution >= 4 is 41.1 Å². The van der Waals surface area contributed by atoms with Gasteiger partial charge < -0.3 is 24.6 Å². The highest BCUT2D eigenvalue weighted by Gasteiger charge is 2.23. The van der Waals surface area contributed by atoms with Gasteiger partial charge in [-0.15, -0.1) is 0 Å². The van der Waals surface area contributed by atoms with Gasteiger partial charge >= 0.3 is 6.09 Å². The summed E-state index contributed by atoms with van der Waals surface area (Å²) in [5.74, 6) is -0.0317. The van der Waals surface area contributed by atoms with Gasteiger partial charge in [0.1, 0.15) is 17.9 Å². The summed E-state index contributed by atoms with van der Waals surface area (Å²) in [7, 11) is 0. The van der Waals surface area contributed by atoms with Gasteiger partial charge in [0.25, 0.3) is 5.91 Å². The Hall–Kier alpha value is -2.19. The first kappa shape index (κ1) is 24.1. The molecule has 1 N–H and O–H groups in total. The fourth-order valence-electron chi connectivity index (χ4n) is 2.81. The van der Waals surface area contributed by atoms with E-state index in [0.29, 0.717) is 48.4 Å². The van der Waals surface area contributed by atoms with E-state index >= 15 is 0 Å². The Kier molecular flexibility index (Phi) is 8.61. The van der Waals surface area contributed by atoms with Crippen molar-refractivity contribution in [2.75, 3.05) is 39.3 Å². The molecular formula is C20H27Cl2N3O5. The molecule has 0 aliphatic carbocycles. The molecule has 2 rings (SSSR count). The molecule has 0 atom stereocenters. The number of hydrogen-bond donors (Lipinski definition) is 1. The largest absolute Gasteiger partial charge is 0.482 e. The predicted molar refractivity (Wildman–Crippen MR) is 114 cm³/mol.